The van der Waals surface area contributed by atoms with Gasteiger partial charge in [0, 0.05) is 18.3 Å². The van der Waals surface area contributed by atoms with E-state index in [9.17, 15) is 13.2 Å². The Hall–Kier alpha value is -2.46. The van der Waals surface area contributed by atoms with Crippen molar-refractivity contribution < 1.29 is 27.4 Å². The van der Waals surface area contributed by atoms with Crippen LogP contribution in [0.5, 0.6) is 10.8 Å². The third kappa shape index (κ3) is 8.77. The lowest BCUT2D eigenvalue weighted by Gasteiger charge is -2.16. The van der Waals surface area contributed by atoms with E-state index in [0.717, 1.165) is 49.9 Å². The Morgan fingerprint density at radius 1 is 1.15 bits per heavy atom. The largest absolute Gasteiger partial charge is 0.514 e. The highest BCUT2D eigenvalue weighted by atomic mass is 32.2. The van der Waals surface area contributed by atoms with E-state index in [2.05, 4.69) is 35.5 Å². The quantitative estimate of drug-likeness (QED) is 0.239. The maximum absolute atomic E-state index is 13.0. The normalized spacial score (nSPS) is 11.3. The topological polar surface area (TPSA) is 103 Å². The van der Waals surface area contributed by atoms with Crippen LogP contribution < -0.4 is 19.5 Å². The third-order valence-corrected chi connectivity index (χ3v) is 7.07. The zero-order chi connectivity index (χ0) is 24.3. The number of ether oxygens (including phenoxy) is 3. The molecule has 2 N–H and O–H groups in total. The summed E-state index contributed by atoms with van der Waals surface area (Å²) in [5.41, 5.74) is 1.17. The van der Waals surface area contributed by atoms with Crippen molar-refractivity contribution in [2.75, 3.05) is 30.3 Å². The van der Waals surface area contributed by atoms with Gasteiger partial charge >= 0.3 is 6.16 Å². The van der Waals surface area contributed by atoms with Gasteiger partial charge in [-0.05, 0) is 42.3 Å². The van der Waals surface area contributed by atoms with Crippen LogP contribution in [-0.2, 0) is 14.8 Å². The highest BCUT2D eigenvalue weighted by Gasteiger charge is 2.24. The minimum Gasteiger partial charge on any atom is -0.491 e. The number of nitrogens with one attached hydrogen (secondary N) is 2. The van der Waals surface area contributed by atoms with Crippen LogP contribution in [-0.4, -0.2) is 34.8 Å². The first kappa shape index (κ1) is 26.8. The van der Waals surface area contributed by atoms with Crippen molar-refractivity contribution >= 4 is 38.9 Å². The van der Waals surface area contributed by atoms with E-state index in [4.69, 9.17) is 9.47 Å². The first-order valence-electron chi connectivity index (χ1n) is 11.1. The van der Waals surface area contributed by atoms with Gasteiger partial charge in [0.15, 0.2) is 0 Å². The zero-order valence-corrected chi connectivity index (χ0v) is 21.3. The fourth-order valence-corrected chi connectivity index (χ4v) is 5.16. The molecule has 0 amide bonds. The molecule has 1 aromatic heterocycles. The van der Waals surface area contributed by atoms with Gasteiger partial charge in [0.2, 0.25) is 5.06 Å². The highest BCUT2D eigenvalue weighted by molar-refractivity contribution is 7.93. The monoisotopic (exact) mass is 498 g/mol. The van der Waals surface area contributed by atoms with Gasteiger partial charge in [0.05, 0.1) is 19.4 Å². The number of hydrogen-bond acceptors (Lipinski definition) is 8. The molecule has 0 saturated carbocycles. The number of hydrogen-bond donors (Lipinski definition) is 2. The summed E-state index contributed by atoms with van der Waals surface area (Å²) < 4.78 is 44.0. The van der Waals surface area contributed by atoms with Crippen molar-refractivity contribution in [2.45, 2.75) is 57.8 Å². The average molecular weight is 499 g/mol. The fraction of sp³-hybridized carbons (Fsp3) is 0.522. The molecule has 1 heterocycles. The van der Waals surface area contributed by atoms with E-state index in [0.29, 0.717) is 24.0 Å². The van der Waals surface area contributed by atoms with E-state index in [1.165, 1.54) is 24.3 Å². The summed E-state index contributed by atoms with van der Waals surface area (Å²) in [6.45, 7) is 7.66. The molecule has 0 aliphatic rings. The average Bonchev–Trinajstić information content (AvgIpc) is 3.24. The molecule has 1 aromatic carbocycles. The molecule has 2 rings (SSSR count). The number of carbonyl (C=O) groups is 1. The number of sulfonamides is 1. The highest BCUT2D eigenvalue weighted by Crippen LogP contribution is 2.35. The van der Waals surface area contributed by atoms with E-state index >= 15 is 0 Å². The van der Waals surface area contributed by atoms with E-state index in [-0.39, 0.29) is 9.96 Å². The second kappa shape index (κ2) is 13.3. The number of anilines is 2. The summed E-state index contributed by atoms with van der Waals surface area (Å²) in [5.74, 6) is 0.886. The smallest absolute Gasteiger partial charge is 0.491 e. The Morgan fingerprint density at radius 2 is 1.94 bits per heavy atom. The first-order chi connectivity index (χ1) is 15.8. The molecule has 2 aromatic rings. The van der Waals surface area contributed by atoms with Crippen molar-refractivity contribution in [1.82, 2.24) is 0 Å². The maximum Gasteiger partial charge on any atom is 0.514 e. The molecule has 0 atom stereocenters. The molecule has 184 valence electrons. The molecule has 0 unspecified atom stereocenters. The number of methoxy groups -OCH3 is 1. The van der Waals surface area contributed by atoms with Crippen molar-refractivity contribution in [3.63, 3.8) is 0 Å². The van der Waals surface area contributed by atoms with Gasteiger partial charge in [-0.1, -0.05) is 40.0 Å². The van der Waals surface area contributed by atoms with Crippen LogP contribution in [0.25, 0.3) is 0 Å². The summed E-state index contributed by atoms with van der Waals surface area (Å²) >= 11 is 0.986. The van der Waals surface area contributed by atoms with Gasteiger partial charge < -0.3 is 19.5 Å². The maximum atomic E-state index is 13.0. The van der Waals surface area contributed by atoms with Crippen LogP contribution in [0.15, 0.2) is 34.5 Å². The second-order valence-electron chi connectivity index (χ2n) is 7.96. The van der Waals surface area contributed by atoms with Gasteiger partial charge in [-0.15, -0.1) is 11.3 Å². The Bertz CT molecular complexity index is 989. The van der Waals surface area contributed by atoms with Crippen LogP contribution in [0.4, 0.5) is 16.2 Å². The van der Waals surface area contributed by atoms with Crippen LogP contribution >= 0.6 is 11.3 Å². The van der Waals surface area contributed by atoms with Crippen LogP contribution in [0.1, 0.15) is 52.9 Å². The SMILES string of the molecule is CCCCCCNc1ccc(NS(=O)(=O)c2ccsc2OC(=O)OC)c(OCCC(C)C)c1. The lowest BCUT2D eigenvalue weighted by atomic mass is 10.1. The van der Waals surface area contributed by atoms with Crippen molar-refractivity contribution in [3.8, 4) is 10.8 Å². The van der Waals surface area contributed by atoms with E-state index in [1.54, 1.807) is 12.1 Å². The lowest BCUT2D eigenvalue weighted by Crippen LogP contribution is -2.16. The van der Waals surface area contributed by atoms with E-state index in [1.807, 2.05) is 6.07 Å². The number of thiophene rings is 1. The van der Waals surface area contributed by atoms with Gasteiger partial charge in [0.1, 0.15) is 10.6 Å². The Balaban J connectivity index is 2.20. The Labute approximate surface area is 200 Å². The van der Waals surface area contributed by atoms with Gasteiger partial charge in [-0.2, -0.15) is 0 Å². The number of carbonyl (C=O) groups excluding carboxylic acids is 1. The van der Waals surface area contributed by atoms with Gasteiger partial charge in [-0.3, -0.25) is 4.72 Å². The van der Waals surface area contributed by atoms with Crippen molar-refractivity contribution in [2.24, 2.45) is 5.92 Å². The number of unbranched alkanes of at least 4 members (excludes halogenated alkanes) is 3. The predicted molar refractivity (Wildman–Crippen MR) is 132 cm³/mol. The Kier molecular flexibility index (Phi) is 10.8. The van der Waals surface area contributed by atoms with Crippen LogP contribution in [0.2, 0.25) is 0 Å². The van der Waals surface area contributed by atoms with Crippen LogP contribution in [0.3, 0.4) is 0 Å². The first-order valence-corrected chi connectivity index (χ1v) is 13.5. The molecule has 0 bridgehead atoms. The molecule has 0 radical (unpaired) electrons. The van der Waals surface area contributed by atoms with E-state index < -0.39 is 16.2 Å². The summed E-state index contributed by atoms with van der Waals surface area (Å²) in [6, 6.07) is 6.66. The number of benzene rings is 1. The molecular weight excluding hydrogens is 464 g/mol. The summed E-state index contributed by atoms with van der Waals surface area (Å²) in [4.78, 5) is 11.3. The standard InChI is InChI=1S/C23H34N2O6S2/c1-5-6-7-8-13-24-18-9-10-19(20(16-18)30-14-11-17(2)3)25-33(27,28)21-12-15-32-22(21)31-23(26)29-4/h9-10,12,15-17,24-25H,5-8,11,13-14H2,1-4H3. The molecular formula is C23H34N2O6S2. The second-order valence-corrected chi connectivity index (χ2v) is 10.5. The molecule has 33 heavy (non-hydrogen) atoms. The van der Waals surface area contributed by atoms with Crippen molar-refractivity contribution in [3.05, 3.63) is 29.6 Å². The van der Waals surface area contributed by atoms with Crippen molar-refractivity contribution in [1.29, 1.82) is 0 Å². The Morgan fingerprint density at radius 3 is 2.64 bits per heavy atom. The third-order valence-electron chi connectivity index (χ3n) is 4.77. The molecule has 0 saturated heterocycles. The zero-order valence-electron chi connectivity index (χ0n) is 19.7. The van der Waals surface area contributed by atoms with Gasteiger partial charge in [0.25, 0.3) is 10.0 Å². The molecule has 0 aliphatic heterocycles. The lowest BCUT2D eigenvalue weighted by molar-refractivity contribution is 0.122. The van der Waals surface area contributed by atoms with Crippen LogP contribution in [0, 0.1) is 5.92 Å². The minimum atomic E-state index is -4.03. The summed E-state index contributed by atoms with van der Waals surface area (Å²) in [6.07, 6.45) is 4.46. The number of rotatable bonds is 14. The minimum absolute atomic E-state index is 0.0676. The fourth-order valence-electron chi connectivity index (χ4n) is 2.90. The molecule has 0 spiro atoms. The molecule has 0 fully saturated rings. The molecule has 10 heteroatoms. The molecule has 8 nitrogen and oxygen atoms in total. The van der Waals surface area contributed by atoms with Gasteiger partial charge in [-0.25, -0.2) is 13.2 Å². The molecule has 0 aliphatic carbocycles. The summed E-state index contributed by atoms with van der Waals surface area (Å²) in [5, 5.41) is 4.83. The predicted octanol–water partition coefficient (Wildman–Crippen LogP) is 6.11. The summed E-state index contributed by atoms with van der Waals surface area (Å²) in [7, 11) is -2.88.